The van der Waals surface area contributed by atoms with Gasteiger partial charge in [-0.1, -0.05) is 0 Å². The molecule has 0 aliphatic carbocycles. The number of rotatable bonds is 3. The Bertz CT molecular complexity index is 201. The van der Waals surface area contributed by atoms with E-state index in [0.717, 1.165) is 25.9 Å². The average Bonchev–Trinajstić information content (AvgIpc) is 2.15. The molecule has 88 valence electrons. The van der Waals surface area contributed by atoms with Crippen LogP contribution in [0, 0.1) is 26.1 Å². The summed E-state index contributed by atoms with van der Waals surface area (Å²) in [7, 11) is 0. The summed E-state index contributed by atoms with van der Waals surface area (Å²) < 4.78 is 0. The van der Waals surface area contributed by atoms with Crippen molar-refractivity contribution in [1.82, 2.24) is 5.32 Å². The zero-order valence-electron chi connectivity index (χ0n) is 8.00. The Kier molecular flexibility index (Phi) is 6.89. The standard InChI is InChI=1S/C6H12N2O3.HNO3/c9-8(10)11-5-6-1-3-7-4-2-6;2-1(3)4/h6-7H,1-5H2;(H,2,3,4). The van der Waals surface area contributed by atoms with Gasteiger partial charge in [-0.2, -0.15) is 0 Å². The number of piperidine rings is 1. The van der Waals surface area contributed by atoms with Crippen molar-refractivity contribution in [2.75, 3.05) is 19.7 Å². The Morgan fingerprint density at radius 3 is 2.20 bits per heavy atom. The molecule has 1 aliphatic rings. The summed E-state index contributed by atoms with van der Waals surface area (Å²) >= 11 is 0. The van der Waals surface area contributed by atoms with E-state index < -0.39 is 10.2 Å². The fraction of sp³-hybridized carbons (Fsp3) is 1.00. The van der Waals surface area contributed by atoms with E-state index in [1.807, 2.05) is 0 Å². The normalized spacial score (nSPS) is 16.0. The van der Waals surface area contributed by atoms with Crippen molar-refractivity contribution in [2.24, 2.45) is 5.92 Å². The molecule has 0 saturated carbocycles. The average molecular weight is 223 g/mol. The zero-order valence-corrected chi connectivity index (χ0v) is 8.00. The van der Waals surface area contributed by atoms with Crippen molar-refractivity contribution < 1.29 is 20.2 Å². The quantitative estimate of drug-likeness (QED) is 0.502. The molecule has 1 fully saturated rings. The van der Waals surface area contributed by atoms with Gasteiger partial charge < -0.3 is 15.4 Å². The van der Waals surface area contributed by atoms with Crippen LogP contribution in [-0.4, -0.2) is 35.1 Å². The van der Waals surface area contributed by atoms with Crippen LogP contribution in [0.2, 0.25) is 0 Å². The zero-order chi connectivity index (χ0) is 11.7. The molecular formula is C6H13N3O6. The van der Waals surface area contributed by atoms with Crippen LogP contribution in [0.25, 0.3) is 0 Å². The lowest BCUT2D eigenvalue weighted by Gasteiger charge is -2.20. The molecule has 0 spiro atoms. The van der Waals surface area contributed by atoms with Crippen molar-refractivity contribution >= 4 is 0 Å². The first-order valence-corrected chi connectivity index (χ1v) is 4.33. The monoisotopic (exact) mass is 223 g/mol. The predicted molar refractivity (Wildman–Crippen MR) is 47.3 cm³/mol. The second-order valence-corrected chi connectivity index (χ2v) is 2.95. The lowest BCUT2D eigenvalue weighted by atomic mass is 10.00. The maximum atomic E-state index is 9.81. The Morgan fingerprint density at radius 2 is 1.80 bits per heavy atom. The molecule has 15 heavy (non-hydrogen) atoms. The summed E-state index contributed by atoms with van der Waals surface area (Å²) in [5.74, 6) is 0.363. The molecule has 1 heterocycles. The molecule has 0 aromatic heterocycles. The first-order valence-electron chi connectivity index (χ1n) is 4.33. The summed E-state index contributed by atoms with van der Waals surface area (Å²) in [4.78, 5) is 22.4. The lowest BCUT2D eigenvalue weighted by Crippen LogP contribution is -2.30. The predicted octanol–water partition coefficient (Wildman–Crippen LogP) is -0.153. The molecule has 9 nitrogen and oxygen atoms in total. The first-order chi connectivity index (χ1) is 7.02. The summed E-state index contributed by atoms with van der Waals surface area (Å²) in [5.41, 5.74) is 0. The van der Waals surface area contributed by atoms with Crippen LogP contribution < -0.4 is 5.32 Å². The van der Waals surface area contributed by atoms with Gasteiger partial charge in [0.15, 0.2) is 0 Å². The molecule has 0 bridgehead atoms. The highest BCUT2D eigenvalue weighted by atomic mass is 16.9. The van der Waals surface area contributed by atoms with Crippen molar-refractivity contribution in [3.63, 3.8) is 0 Å². The van der Waals surface area contributed by atoms with Gasteiger partial charge in [0.1, 0.15) is 0 Å². The molecule has 9 heteroatoms. The third kappa shape index (κ3) is 10.3. The molecule has 2 N–H and O–H groups in total. The molecule has 0 atom stereocenters. The van der Waals surface area contributed by atoms with Crippen LogP contribution in [0.3, 0.4) is 0 Å². The number of hydrogen-bond acceptors (Lipinski definition) is 6. The van der Waals surface area contributed by atoms with Crippen LogP contribution in [0.5, 0.6) is 0 Å². The van der Waals surface area contributed by atoms with Gasteiger partial charge in [-0.15, -0.1) is 20.2 Å². The third-order valence-electron chi connectivity index (χ3n) is 1.87. The summed E-state index contributed by atoms with van der Waals surface area (Å²) in [6.07, 6.45) is 1.96. The van der Waals surface area contributed by atoms with Gasteiger partial charge >= 0.3 is 0 Å². The molecule has 1 saturated heterocycles. The van der Waals surface area contributed by atoms with Crippen LogP contribution in [0.15, 0.2) is 0 Å². The Labute approximate surface area is 85.2 Å². The minimum absolute atomic E-state index is 0.259. The molecule has 0 aromatic rings. The van der Waals surface area contributed by atoms with E-state index in [1.165, 1.54) is 0 Å². The number of nitrogens with zero attached hydrogens (tertiary/aromatic N) is 2. The van der Waals surface area contributed by atoms with Gasteiger partial charge in [-0.3, -0.25) is 0 Å². The van der Waals surface area contributed by atoms with Crippen LogP contribution in [0.4, 0.5) is 0 Å². The minimum atomic E-state index is -1.50. The van der Waals surface area contributed by atoms with Crippen LogP contribution in [-0.2, 0) is 4.84 Å². The molecule has 0 aromatic carbocycles. The summed E-state index contributed by atoms with van der Waals surface area (Å²) in [5, 5.41) is 25.9. The van der Waals surface area contributed by atoms with Gasteiger partial charge in [-0.05, 0) is 31.8 Å². The number of hydrogen-bond donors (Lipinski definition) is 2. The van der Waals surface area contributed by atoms with E-state index in [1.54, 1.807) is 0 Å². The Hall–Kier alpha value is -1.64. The maximum Gasteiger partial charge on any atom is 0.294 e. The highest BCUT2D eigenvalue weighted by Crippen LogP contribution is 2.11. The van der Waals surface area contributed by atoms with Crippen LogP contribution in [0.1, 0.15) is 12.8 Å². The van der Waals surface area contributed by atoms with E-state index in [0.29, 0.717) is 5.92 Å². The Morgan fingerprint density at radius 1 is 1.33 bits per heavy atom. The van der Waals surface area contributed by atoms with E-state index in [9.17, 15) is 10.1 Å². The molecule has 0 radical (unpaired) electrons. The third-order valence-corrected chi connectivity index (χ3v) is 1.87. The van der Waals surface area contributed by atoms with Gasteiger partial charge in [0.2, 0.25) is 0 Å². The fourth-order valence-electron chi connectivity index (χ4n) is 1.21. The molecule has 1 aliphatic heterocycles. The van der Waals surface area contributed by atoms with Gasteiger partial charge in [0.05, 0.1) is 6.61 Å². The largest absolute Gasteiger partial charge is 0.328 e. The van der Waals surface area contributed by atoms with E-state index >= 15 is 0 Å². The molecule has 0 amide bonds. The smallest absolute Gasteiger partial charge is 0.294 e. The molecule has 1 rings (SSSR count). The SMILES string of the molecule is O=[N+]([O-])O.O=[N+]([O-])OCC1CCNCC1. The molecule has 0 unspecified atom stereocenters. The van der Waals surface area contributed by atoms with Crippen molar-refractivity contribution in [3.8, 4) is 0 Å². The maximum absolute atomic E-state index is 9.81. The topological polar surface area (TPSA) is 128 Å². The second-order valence-electron chi connectivity index (χ2n) is 2.95. The molecular weight excluding hydrogens is 210 g/mol. The van der Waals surface area contributed by atoms with E-state index in [2.05, 4.69) is 10.2 Å². The lowest BCUT2D eigenvalue weighted by molar-refractivity contribution is -0.759. The van der Waals surface area contributed by atoms with Crippen molar-refractivity contribution in [1.29, 1.82) is 0 Å². The number of nitrogens with one attached hydrogen (secondary N) is 1. The van der Waals surface area contributed by atoms with E-state index in [-0.39, 0.29) is 6.61 Å². The minimum Gasteiger partial charge on any atom is -0.328 e. The first kappa shape index (κ1) is 13.4. The Balaban J connectivity index is 0.000000423. The fourth-order valence-corrected chi connectivity index (χ4v) is 1.21. The van der Waals surface area contributed by atoms with E-state index in [4.69, 9.17) is 15.3 Å². The van der Waals surface area contributed by atoms with Gasteiger partial charge in [0.25, 0.3) is 10.2 Å². The van der Waals surface area contributed by atoms with Gasteiger partial charge in [0, 0.05) is 0 Å². The van der Waals surface area contributed by atoms with Crippen molar-refractivity contribution in [2.45, 2.75) is 12.8 Å². The highest BCUT2D eigenvalue weighted by Gasteiger charge is 2.13. The highest BCUT2D eigenvalue weighted by molar-refractivity contribution is 4.66. The van der Waals surface area contributed by atoms with Crippen molar-refractivity contribution in [3.05, 3.63) is 20.2 Å². The second kappa shape index (κ2) is 7.74. The summed E-state index contributed by atoms with van der Waals surface area (Å²) in [6.45, 7) is 2.16. The summed E-state index contributed by atoms with van der Waals surface area (Å²) in [6, 6.07) is 0. The van der Waals surface area contributed by atoms with Gasteiger partial charge in [-0.25, -0.2) is 0 Å². The van der Waals surface area contributed by atoms with Crippen LogP contribution >= 0.6 is 0 Å².